The van der Waals surface area contributed by atoms with E-state index >= 15 is 0 Å². The van der Waals surface area contributed by atoms with Gasteiger partial charge in [0.2, 0.25) is 0 Å². The molecule has 0 atom stereocenters. The lowest BCUT2D eigenvalue weighted by Crippen LogP contribution is -2.16. The Bertz CT molecular complexity index is 858. The molecule has 0 aliphatic carbocycles. The molecule has 0 radical (unpaired) electrons. The summed E-state index contributed by atoms with van der Waals surface area (Å²) in [4.78, 5) is 6.86. The van der Waals surface area contributed by atoms with Crippen LogP contribution in [0, 0.1) is 6.92 Å². The molecule has 1 heterocycles. The number of benzene rings is 2. The van der Waals surface area contributed by atoms with Gasteiger partial charge < -0.3 is 15.0 Å². The van der Waals surface area contributed by atoms with Crippen LogP contribution in [0.3, 0.4) is 0 Å². The molecule has 1 aromatic heterocycles. The van der Waals surface area contributed by atoms with Gasteiger partial charge in [-0.2, -0.15) is 0 Å². The summed E-state index contributed by atoms with van der Waals surface area (Å²) in [5.41, 5.74) is 1.20. The number of nitrogens with one attached hydrogen (secondary N) is 1. The van der Waals surface area contributed by atoms with Crippen LogP contribution in [-0.2, 0) is 0 Å². The molecule has 4 heteroatoms. The van der Waals surface area contributed by atoms with Gasteiger partial charge in [-0.1, -0.05) is 12.1 Å². The van der Waals surface area contributed by atoms with Gasteiger partial charge in [0.1, 0.15) is 11.6 Å². The number of nitrogens with zero attached hydrogens (tertiary/aromatic N) is 2. The molecule has 4 nitrogen and oxygen atoms in total. The third kappa shape index (κ3) is 3.29. The predicted molar refractivity (Wildman–Crippen MR) is 102 cm³/mol. The molecule has 0 aliphatic heterocycles. The topological polar surface area (TPSA) is 37.4 Å². The number of aryl methyl sites for hydroxylation is 1. The van der Waals surface area contributed by atoms with Crippen LogP contribution in [0.4, 0.5) is 5.82 Å². The highest BCUT2D eigenvalue weighted by molar-refractivity contribution is 6.13. The third-order valence-corrected chi connectivity index (χ3v) is 4.35. The molecular weight excluding hydrogens is 298 g/mol. The summed E-state index contributed by atoms with van der Waals surface area (Å²) in [6, 6.07) is 10.6. The van der Waals surface area contributed by atoms with E-state index in [2.05, 4.69) is 60.5 Å². The van der Waals surface area contributed by atoms with E-state index in [0.717, 1.165) is 31.1 Å². The summed E-state index contributed by atoms with van der Waals surface area (Å²) >= 11 is 0. The van der Waals surface area contributed by atoms with Crippen LogP contribution in [0.5, 0.6) is 5.75 Å². The summed E-state index contributed by atoms with van der Waals surface area (Å²) in [5.74, 6) is 1.84. The first-order valence-corrected chi connectivity index (χ1v) is 8.35. The molecule has 0 saturated carbocycles. The zero-order valence-electron chi connectivity index (χ0n) is 14.9. The molecule has 0 fully saturated rings. The highest BCUT2D eigenvalue weighted by Gasteiger charge is 2.10. The molecular formula is C20H25N3O. The number of aromatic nitrogens is 1. The molecule has 0 aliphatic rings. The minimum absolute atomic E-state index is 0.878. The molecule has 24 heavy (non-hydrogen) atoms. The van der Waals surface area contributed by atoms with Crippen molar-refractivity contribution in [2.45, 2.75) is 13.3 Å². The Morgan fingerprint density at radius 1 is 1.12 bits per heavy atom. The first-order chi connectivity index (χ1) is 11.6. The summed E-state index contributed by atoms with van der Waals surface area (Å²) in [6.07, 6.45) is 3.04. The zero-order chi connectivity index (χ0) is 17.1. The van der Waals surface area contributed by atoms with Gasteiger partial charge in [0, 0.05) is 18.1 Å². The van der Waals surface area contributed by atoms with E-state index < -0.39 is 0 Å². The van der Waals surface area contributed by atoms with E-state index in [0.29, 0.717) is 0 Å². The van der Waals surface area contributed by atoms with Gasteiger partial charge >= 0.3 is 0 Å². The van der Waals surface area contributed by atoms with E-state index in [1.165, 1.54) is 27.1 Å². The SMILES string of the molecule is COc1ccc2c(ccc3c(C)cnc(NCCCN(C)C)c32)c1. The molecule has 3 rings (SSSR count). The van der Waals surface area contributed by atoms with Gasteiger partial charge in [-0.05, 0) is 73.9 Å². The average Bonchev–Trinajstić information content (AvgIpc) is 2.59. The highest BCUT2D eigenvalue weighted by Crippen LogP contribution is 2.33. The number of fused-ring (bicyclic) bond motifs is 3. The van der Waals surface area contributed by atoms with Crippen molar-refractivity contribution in [3.05, 3.63) is 42.1 Å². The quantitative estimate of drug-likeness (QED) is 0.548. The smallest absolute Gasteiger partial charge is 0.134 e. The fraction of sp³-hybridized carbons (Fsp3) is 0.350. The second-order valence-electron chi connectivity index (χ2n) is 6.45. The molecule has 0 saturated heterocycles. The van der Waals surface area contributed by atoms with Crippen LogP contribution < -0.4 is 10.1 Å². The largest absolute Gasteiger partial charge is 0.497 e. The van der Waals surface area contributed by atoms with E-state index in [1.54, 1.807) is 7.11 Å². The lowest BCUT2D eigenvalue weighted by atomic mass is 10.00. The monoisotopic (exact) mass is 323 g/mol. The molecule has 2 aromatic carbocycles. The van der Waals surface area contributed by atoms with E-state index in [-0.39, 0.29) is 0 Å². The number of hydrogen-bond donors (Lipinski definition) is 1. The zero-order valence-corrected chi connectivity index (χ0v) is 14.9. The van der Waals surface area contributed by atoms with Crippen LogP contribution in [0.25, 0.3) is 21.5 Å². The van der Waals surface area contributed by atoms with Crippen LogP contribution in [0.2, 0.25) is 0 Å². The average molecular weight is 323 g/mol. The Morgan fingerprint density at radius 2 is 1.92 bits per heavy atom. The maximum atomic E-state index is 5.35. The van der Waals surface area contributed by atoms with Crippen LogP contribution in [0.15, 0.2) is 36.5 Å². The van der Waals surface area contributed by atoms with Crippen LogP contribution >= 0.6 is 0 Å². The molecule has 3 aromatic rings. The van der Waals surface area contributed by atoms with E-state index in [4.69, 9.17) is 4.74 Å². The normalized spacial score (nSPS) is 11.4. The first-order valence-electron chi connectivity index (χ1n) is 8.35. The lowest BCUT2D eigenvalue weighted by Gasteiger charge is -2.14. The molecule has 0 unspecified atom stereocenters. The van der Waals surface area contributed by atoms with Gasteiger partial charge in [-0.3, -0.25) is 0 Å². The van der Waals surface area contributed by atoms with Crippen LogP contribution in [0.1, 0.15) is 12.0 Å². The van der Waals surface area contributed by atoms with Crippen molar-refractivity contribution in [1.29, 1.82) is 0 Å². The van der Waals surface area contributed by atoms with Crippen molar-refractivity contribution in [2.24, 2.45) is 0 Å². The Hall–Kier alpha value is -2.33. The minimum Gasteiger partial charge on any atom is -0.497 e. The van der Waals surface area contributed by atoms with Crippen molar-refractivity contribution < 1.29 is 4.74 Å². The Morgan fingerprint density at radius 3 is 2.67 bits per heavy atom. The first kappa shape index (κ1) is 16.5. The summed E-state index contributed by atoms with van der Waals surface area (Å²) in [7, 11) is 5.90. The van der Waals surface area contributed by atoms with Crippen molar-refractivity contribution >= 4 is 27.4 Å². The van der Waals surface area contributed by atoms with Gasteiger partial charge in [-0.15, -0.1) is 0 Å². The van der Waals surface area contributed by atoms with Crippen molar-refractivity contribution in [3.63, 3.8) is 0 Å². The number of hydrogen-bond acceptors (Lipinski definition) is 4. The maximum Gasteiger partial charge on any atom is 0.134 e. The number of anilines is 1. The predicted octanol–water partition coefficient (Wildman–Crippen LogP) is 4.07. The van der Waals surface area contributed by atoms with Gasteiger partial charge in [-0.25, -0.2) is 4.98 Å². The van der Waals surface area contributed by atoms with Crippen molar-refractivity contribution in [2.75, 3.05) is 39.6 Å². The Balaban J connectivity index is 2.04. The molecule has 0 amide bonds. The molecule has 0 bridgehead atoms. The summed E-state index contributed by atoms with van der Waals surface area (Å²) in [5, 5.41) is 8.34. The highest BCUT2D eigenvalue weighted by atomic mass is 16.5. The Kier molecular flexibility index (Phi) is 4.86. The van der Waals surface area contributed by atoms with E-state index in [1.807, 2.05) is 12.3 Å². The van der Waals surface area contributed by atoms with Gasteiger partial charge in [0.25, 0.3) is 0 Å². The van der Waals surface area contributed by atoms with Crippen molar-refractivity contribution in [1.82, 2.24) is 9.88 Å². The number of methoxy groups -OCH3 is 1. The second-order valence-corrected chi connectivity index (χ2v) is 6.45. The van der Waals surface area contributed by atoms with Gasteiger partial charge in [0.15, 0.2) is 0 Å². The summed E-state index contributed by atoms with van der Waals surface area (Å²) < 4.78 is 5.35. The fourth-order valence-electron chi connectivity index (χ4n) is 3.05. The lowest BCUT2D eigenvalue weighted by molar-refractivity contribution is 0.405. The minimum atomic E-state index is 0.878. The molecule has 0 spiro atoms. The number of rotatable bonds is 6. The second kappa shape index (κ2) is 7.05. The Labute approximate surface area is 143 Å². The van der Waals surface area contributed by atoms with Crippen LogP contribution in [-0.4, -0.2) is 44.2 Å². The molecule has 1 N–H and O–H groups in total. The third-order valence-electron chi connectivity index (χ3n) is 4.35. The van der Waals surface area contributed by atoms with Crippen molar-refractivity contribution in [3.8, 4) is 5.75 Å². The van der Waals surface area contributed by atoms with E-state index in [9.17, 15) is 0 Å². The molecule has 126 valence electrons. The standard InChI is InChI=1S/C20H25N3O/c1-14-13-22-20(21-10-5-11-23(2)3)19-17(14)8-6-15-12-16(24-4)7-9-18(15)19/h6-9,12-13H,5,10-11H2,1-4H3,(H,21,22). The fourth-order valence-corrected chi connectivity index (χ4v) is 3.05. The number of ether oxygens (including phenoxy) is 1. The number of pyridine rings is 1. The summed E-state index contributed by atoms with van der Waals surface area (Å²) in [6.45, 7) is 4.09. The van der Waals surface area contributed by atoms with Gasteiger partial charge in [0.05, 0.1) is 7.11 Å². The maximum absolute atomic E-state index is 5.35.